The van der Waals surface area contributed by atoms with Crippen LogP contribution in [0, 0.1) is 9.49 Å². The second-order valence-electron chi connectivity index (χ2n) is 7.80. The molecule has 2 heterocycles. The molecule has 4 rings (SSSR count). The molecule has 32 heavy (non-hydrogen) atoms. The summed E-state index contributed by atoms with van der Waals surface area (Å²) in [5, 5.41) is 5.81. The first-order valence-corrected chi connectivity index (χ1v) is 11.5. The Morgan fingerprint density at radius 1 is 1.16 bits per heavy atom. The van der Waals surface area contributed by atoms with Crippen LogP contribution >= 0.6 is 34.2 Å². The minimum Gasteiger partial charge on any atom is -0.486 e. The third-order valence-corrected chi connectivity index (χ3v) is 6.22. The van der Waals surface area contributed by atoms with Crippen LogP contribution in [0.25, 0.3) is 0 Å². The van der Waals surface area contributed by atoms with Gasteiger partial charge in [0, 0.05) is 3.57 Å². The maximum atomic E-state index is 13.3. The summed E-state index contributed by atoms with van der Waals surface area (Å²) < 4.78 is 12.0. The lowest BCUT2D eigenvalue weighted by Crippen LogP contribution is -2.50. The number of ether oxygens (including phenoxy) is 2. The molecule has 0 radical (unpaired) electrons. The Labute approximate surface area is 203 Å². The quantitative estimate of drug-likeness (QED) is 0.420. The Morgan fingerprint density at radius 3 is 2.56 bits per heavy atom. The highest BCUT2D eigenvalue weighted by molar-refractivity contribution is 14.1. The molecular formula is C22H21ClIN3O5. The zero-order valence-electron chi connectivity index (χ0n) is 17.4. The van der Waals surface area contributed by atoms with Crippen molar-refractivity contribution in [3.8, 4) is 11.5 Å². The average molecular weight is 570 g/mol. The van der Waals surface area contributed by atoms with E-state index >= 15 is 0 Å². The monoisotopic (exact) mass is 569 g/mol. The number of amides is 4. The van der Waals surface area contributed by atoms with E-state index < -0.39 is 29.9 Å². The fourth-order valence-corrected chi connectivity index (χ4v) is 4.64. The normalized spacial score (nSPS) is 18.5. The van der Waals surface area contributed by atoms with Crippen LogP contribution in [-0.2, 0) is 9.59 Å². The van der Waals surface area contributed by atoms with Crippen LogP contribution in [0.4, 0.5) is 10.5 Å². The van der Waals surface area contributed by atoms with Gasteiger partial charge in [-0.25, -0.2) is 9.69 Å². The van der Waals surface area contributed by atoms with Gasteiger partial charge in [0.25, 0.3) is 5.91 Å². The summed E-state index contributed by atoms with van der Waals surface area (Å²) in [6.07, 6.45) is 0. The average Bonchev–Trinajstić information content (AvgIpc) is 3.04. The molecule has 2 atom stereocenters. The number of fused-ring (bicyclic) bond motifs is 1. The number of nitrogens with zero attached hydrogens (tertiary/aromatic N) is 1. The molecule has 0 saturated carbocycles. The largest absolute Gasteiger partial charge is 0.486 e. The van der Waals surface area contributed by atoms with E-state index in [1.807, 2.05) is 0 Å². The van der Waals surface area contributed by atoms with Crippen molar-refractivity contribution >= 4 is 57.7 Å². The van der Waals surface area contributed by atoms with Gasteiger partial charge in [-0.15, -0.1) is 0 Å². The molecule has 4 amide bonds. The minimum absolute atomic E-state index is 0.327. The van der Waals surface area contributed by atoms with Crippen LogP contribution < -0.4 is 20.1 Å². The van der Waals surface area contributed by atoms with E-state index in [1.54, 1.807) is 50.2 Å². The molecule has 10 heteroatoms. The van der Waals surface area contributed by atoms with Crippen LogP contribution in [0.2, 0.25) is 5.02 Å². The Bertz CT molecular complexity index is 1090. The van der Waals surface area contributed by atoms with Gasteiger partial charge in [-0.2, -0.15) is 0 Å². The van der Waals surface area contributed by atoms with Crippen molar-refractivity contribution in [2.45, 2.75) is 25.9 Å². The van der Waals surface area contributed by atoms with Gasteiger partial charge in [0.15, 0.2) is 11.5 Å². The number of benzene rings is 2. The maximum Gasteiger partial charge on any atom is 0.325 e. The second kappa shape index (κ2) is 9.14. The summed E-state index contributed by atoms with van der Waals surface area (Å²) in [7, 11) is 0. The predicted octanol–water partition coefficient (Wildman–Crippen LogP) is 3.97. The molecule has 0 aliphatic carbocycles. The van der Waals surface area contributed by atoms with Crippen molar-refractivity contribution in [2.24, 2.45) is 5.92 Å². The van der Waals surface area contributed by atoms with Crippen LogP contribution in [-0.4, -0.2) is 42.0 Å². The predicted molar refractivity (Wildman–Crippen MR) is 127 cm³/mol. The molecule has 8 nitrogen and oxygen atoms in total. The van der Waals surface area contributed by atoms with Crippen molar-refractivity contribution < 1.29 is 23.9 Å². The van der Waals surface area contributed by atoms with Crippen molar-refractivity contribution in [2.75, 3.05) is 18.5 Å². The number of urea groups is 1. The van der Waals surface area contributed by atoms with Gasteiger partial charge in [-0.3, -0.25) is 9.59 Å². The number of hydrogen-bond acceptors (Lipinski definition) is 5. The zero-order valence-corrected chi connectivity index (χ0v) is 20.3. The van der Waals surface area contributed by atoms with Gasteiger partial charge < -0.3 is 20.1 Å². The molecule has 2 aromatic carbocycles. The number of hydrogen-bond donors (Lipinski definition) is 2. The Morgan fingerprint density at radius 2 is 1.88 bits per heavy atom. The van der Waals surface area contributed by atoms with Crippen LogP contribution in [0.5, 0.6) is 11.5 Å². The van der Waals surface area contributed by atoms with Gasteiger partial charge >= 0.3 is 6.03 Å². The summed E-state index contributed by atoms with van der Waals surface area (Å²) in [6, 6.07) is 7.73. The lowest BCUT2D eigenvalue weighted by atomic mass is 10.00. The highest BCUT2D eigenvalue weighted by atomic mass is 127. The number of imide groups is 1. The van der Waals surface area contributed by atoms with Crippen LogP contribution in [0.3, 0.4) is 0 Å². The van der Waals surface area contributed by atoms with Gasteiger partial charge in [-0.1, -0.05) is 31.5 Å². The second-order valence-corrected chi connectivity index (χ2v) is 9.45. The Kier molecular flexibility index (Phi) is 6.47. The fourth-order valence-electron chi connectivity index (χ4n) is 3.74. The van der Waals surface area contributed by atoms with Gasteiger partial charge in [-0.05, 0) is 64.4 Å². The van der Waals surface area contributed by atoms with Crippen LogP contribution in [0.1, 0.15) is 25.5 Å². The molecule has 0 bridgehead atoms. The third-order valence-electron chi connectivity index (χ3n) is 5.24. The molecule has 0 spiro atoms. The number of rotatable bonds is 5. The molecule has 2 aromatic rings. The Balaban J connectivity index is 1.58. The summed E-state index contributed by atoms with van der Waals surface area (Å²) >= 11 is 8.35. The standard InChI is InChI=1S/C22H21ClIN3O5/c1-11(2)19(20(28)25-15-5-4-13(24)10-14(15)23)27-21(29)18(26-22(27)30)12-3-6-16-17(9-12)32-8-7-31-16/h3-6,9-11,18-19H,7-8H2,1-2H3,(H,25,28)(H,26,30)/t18-,19+/m1/s1. The topological polar surface area (TPSA) is 97.0 Å². The number of carbonyl (C=O) groups is 3. The SMILES string of the molecule is CC(C)[C@@H](C(=O)Nc1ccc(I)cc1Cl)N1C(=O)N[C@H](c2ccc3c(c2)OCCO3)C1=O. The minimum atomic E-state index is -1.01. The summed E-state index contributed by atoms with van der Waals surface area (Å²) in [5.41, 5.74) is 0.969. The van der Waals surface area contributed by atoms with Gasteiger partial charge in [0.2, 0.25) is 5.91 Å². The zero-order chi connectivity index (χ0) is 23.0. The van der Waals surface area contributed by atoms with Crippen molar-refractivity contribution in [1.29, 1.82) is 0 Å². The van der Waals surface area contributed by atoms with Crippen molar-refractivity contribution in [3.63, 3.8) is 0 Å². The molecule has 0 aromatic heterocycles. The lowest BCUT2D eigenvalue weighted by molar-refractivity contribution is -0.135. The van der Waals surface area contributed by atoms with Gasteiger partial charge in [0.05, 0.1) is 10.7 Å². The summed E-state index contributed by atoms with van der Waals surface area (Å²) in [6.45, 7) is 4.41. The number of carbonyl (C=O) groups excluding carboxylic acids is 3. The smallest absolute Gasteiger partial charge is 0.325 e. The van der Waals surface area contributed by atoms with Crippen molar-refractivity contribution in [3.05, 3.63) is 50.6 Å². The third kappa shape index (κ3) is 4.36. The molecule has 1 fully saturated rings. The number of anilines is 1. The van der Waals surface area contributed by atoms with E-state index in [9.17, 15) is 14.4 Å². The van der Waals surface area contributed by atoms with Gasteiger partial charge in [0.1, 0.15) is 25.3 Å². The van der Waals surface area contributed by atoms with E-state index in [0.717, 1.165) is 8.47 Å². The highest BCUT2D eigenvalue weighted by Crippen LogP contribution is 2.35. The van der Waals surface area contributed by atoms with E-state index in [2.05, 4.69) is 33.2 Å². The molecule has 168 valence electrons. The van der Waals surface area contributed by atoms with E-state index in [4.69, 9.17) is 21.1 Å². The van der Waals surface area contributed by atoms with Crippen LogP contribution in [0.15, 0.2) is 36.4 Å². The number of halogens is 2. The first-order valence-electron chi connectivity index (χ1n) is 10.1. The first kappa shape index (κ1) is 22.7. The first-order chi connectivity index (χ1) is 15.3. The summed E-state index contributed by atoms with van der Waals surface area (Å²) in [5.74, 6) is -0.224. The Hall–Kier alpha value is -2.53. The maximum absolute atomic E-state index is 13.3. The number of nitrogens with one attached hydrogen (secondary N) is 2. The van der Waals surface area contributed by atoms with E-state index in [1.165, 1.54) is 0 Å². The van der Waals surface area contributed by atoms with E-state index in [-0.39, 0.29) is 5.92 Å². The molecule has 2 aliphatic rings. The molecule has 2 aliphatic heterocycles. The molecule has 1 saturated heterocycles. The molecule has 2 N–H and O–H groups in total. The van der Waals surface area contributed by atoms with Crippen molar-refractivity contribution in [1.82, 2.24) is 10.2 Å². The lowest BCUT2D eigenvalue weighted by Gasteiger charge is -2.28. The summed E-state index contributed by atoms with van der Waals surface area (Å²) in [4.78, 5) is 40.2. The fraction of sp³-hybridized carbons (Fsp3) is 0.318. The van der Waals surface area contributed by atoms with E-state index in [0.29, 0.717) is 41.0 Å². The highest BCUT2D eigenvalue weighted by Gasteiger charge is 2.46. The molecular weight excluding hydrogens is 549 g/mol. The molecule has 0 unspecified atom stereocenters.